The van der Waals surface area contributed by atoms with E-state index in [-0.39, 0.29) is 0 Å². The largest absolute Gasteiger partial charge is 0.313 e. The highest BCUT2D eigenvalue weighted by molar-refractivity contribution is 7.99. The van der Waals surface area contributed by atoms with Gasteiger partial charge in [-0.3, -0.25) is 4.40 Å². The fraction of sp³-hybridized carbons (Fsp3) is 0.583. The lowest BCUT2D eigenvalue weighted by Gasteiger charge is -2.15. The summed E-state index contributed by atoms with van der Waals surface area (Å²) in [5.41, 5.74) is 1.19. The van der Waals surface area contributed by atoms with Crippen LogP contribution >= 0.6 is 23.1 Å². The van der Waals surface area contributed by atoms with Crippen molar-refractivity contribution in [2.75, 3.05) is 18.1 Å². The molecule has 1 unspecified atom stereocenters. The van der Waals surface area contributed by atoms with E-state index in [0.717, 1.165) is 23.7 Å². The standard InChI is InChI=1S/C12H19N3S2/c1-3-13-11(9-16-4-2)7-10-8-15-5-6-17-12(15)14-10/h5-6,8,11,13H,3-4,7,9H2,1-2H3. The first-order valence-corrected chi connectivity index (χ1v) is 8.09. The lowest BCUT2D eigenvalue weighted by Crippen LogP contribution is -2.33. The molecule has 0 spiro atoms. The Kier molecular flexibility index (Phi) is 4.88. The molecular formula is C12H19N3S2. The Morgan fingerprint density at radius 1 is 1.53 bits per heavy atom. The van der Waals surface area contributed by atoms with Crippen LogP contribution in [0.1, 0.15) is 19.5 Å². The minimum Gasteiger partial charge on any atom is -0.313 e. The number of hydrogen-bond donors (Lipinski definition) is 1. The van der Waals surface area contributed by atoms with Gasteiger partial charge in [0.2, 0.25) is 0 Å². The van der Waals surface area contributed by atoms with E-state index in [0.29, 0.717) is 6.04 Å². The molecule has 0 radical (unpaired) electrons. The van der Waals surface area contributed by atoms with E-state index in [1.807, 2.05) is 11.8 Å². The highest BCUT2D eigenvalue weighted by Gasteiger charge is 2.11. The zero-order valence-electron chi connectivity index (χ0n) is 10.3. The maximum atomic E-state index is 4.64. The van der Waals surface area contributed by atoms with Crippen LogP contribution in [0.15, 0.2) is 17.8 Å². The van der Waals surface area contributed by atoms with Crippen molar-refractivity contribution < 1.29 is 0 Å². The molecule has 0 bridgehead atoms. The molecular weight excluding hydrogens is 250 g/mol. The molecule has 2 heterocycles. The summed E-state index contributed by atoms with van der Waals surface area (Å²) < 4.78 is 2.11. The van der Waals surface area contributed by atoms with Gasteiger partial charge in [-0.05, 0) is 12.3 Å². The normalized spacial score (nSPS) is 13.3. The first-order chi connectivity index (χ1) is 8.33. The van der Waals surface area contributed by atoms with Crippen LogP contribution in [0.5, 0.6) is 0 Å². The van der Waals surface area contributed by atoms with Crippen molar-refractivity contribution in [2.24, 2.45) is 0 Å². The number of aromatic nitrogens is 2. The summed E-state index contributed by atoms with van der Waals surface area (Å²) in [5.74, 6) is 2.34. The highest BCUT2D eigenvalue weighted by Crippen LogP contribution is 2.14. The Bertz CT molecular complexity index is 421. The van der Waals surface area contributed by atoms with Gasteiger partial charge in [0.1, 0.15) is 0 Å². The topological polar surface area (TPSA) is 29.3 Å². The van der Waals surface area contributed by atoms with Crippen molar-refractivity contribution in [1.29, 1.82) is 0 Å². The van der Waals surface area contributed by atoms with E-state index in [1.165, 1.54) is 11.4 Å². The molecule has 0 aromatic carbocycles. The molecule has 0 aliphatic rings. The molecule has 0 aliphatic heterocycles. The SMILES string of the molecule is CCNC(CSCC)Cc1cn2ccsc2n1. The quantitative estimate of drug-likeness (QED) is 0.838. The minimum absolute atomic E-state index is 0.537. The third-order valence-corrected chi connectivity index (χ3v) is 4.43. The Labute approximate surface area is 111 Å². The third kappa shape index (κ3) is 3.47. The van der Waals surface area contributed by atoms with Gasteiger partial charge in [-0.25, -0.2) is 4.98 Å². The number of fused-ring (bicyclic) bond motifs is 1. The van der Waals surface area contributed by atoms with Crippen LogP contribution in [-0.2, 0) is 6.42 Å². The van der Waals surface area contributed by atoms with Crippen LogP contribution in [0.2, 0.25) is 0 Å². The molecule has 1 N–H and O–H groups in total. The second-order valence-corrected chi connectivity index (χ2v) is 6.14. The summed E-state index contributed by atoms with van der Waals surface area (Å²) >= 11 is 3.68. The lowest BCUT2D eigenvalue weighted by molar-refractivity contribution is 0.568. The first kappa shape index (κ1) is 12.9. The molecule has 3 nitrogen and oxygen atoms in total. The summed E-state index contributed by atoms with van der Waals surface area (Å²) in [6.07, 6.45) is 5.24. The number of rotatable bonds is 7. The fourth-order valence-electron chi connectivity index (χ4n) is 1.87. The van der Waals surface area contributed by atoms with Gasteiger partial charge in [0.05, 0.1) is 5.69 Å². The van der Waals surface area contributed by atoms with Gasteiger partial charge in [-0.1, -0.05) is 13.8 Å². The van der Waals surface area contributed by atoms with E-state index in [1.54, 1.807) is 11.3 Å². The van der Waals surface area contributed by atoms with Gasteiger partial charge >= 0.3 is 0 Å². The van der Waals surface area contributed by atoms with Crippen LogP contribution in [0.3, 0.4) is 0 Å². The smallest absolute Gasteiger partial charge is 0.193 e. The number of likely N-dealkylation sites (N-methyl/N-ethyl adjacent to an activating group) is 1. The Hall–Kier alpha value is -0.520. The minimum atomic E-state index is 0.537. The van der Waals surface area contributed by atoms with Gasteiger partial charge in [-0.2, -0.15) is 11.8 Å². The molecule has 2 aromatic rings. The molecule has 0 saturated carbocycles. The van der Waals surface area contributed by atoms with Crippen molar-refractivity contribution >= 4 is 28.1 Å². The van der Waals surface area contributed by atoms with E-state index < -0.39 is 0 Å². The highest BCUT2D eigenvalue weighted by atomic mass is 32.2. The van der Waals surface area contributed by atoms with Crippen LogP contribution in [0, 0.1) is 0 Å². The monoisotopic (exact) mass is 269 g/mol. The van der Waals surface area contributed by atoms with Gasteiger partial charge in [-0.15, -0.1) is 11.3 Å². The number of hydrogen-bond acceptors (Lipinski definition) is 4. The second kappa shape index (κ2) is 6.42. The number of nitrogens with zero attached hydrogens (tertiary/aromatic N) is 2. The van der Waals surface area contributed by atoms with E-state index in [9.17, 15) is 0 Å². The number of imidazole rings is 1. The molecule has 1 atom stereocenters. The predicted octanol–water partition coefficient (Wildman–Crippen LogP) is 2.67. The molecule has 17 heavy (non-hydrogen) atoms. The maximum absolute atomic E-state index is 4.64. The van der Waals surface area contributed by atoms with Crippen LogP contribution in [0.25, 0.3) is 4.96 Å². The molecule has 0 amide bonds. The van der Waals surface area contributed by atoms with Crippen LogP contribution in [0.4, 0.5) is 0 Å². The van der Waals surface area contributed by atoms with Crippen LogP contribution in [-0.4, -0.2) is 33.5 Å². The fourth-order valence-corrected chi connectivity index (χ4v) is 3.34. The molecule has 0 aliphatic carbocycles. The summed E-state index contributed by atoms with van der Waals surface area (Å²) in [6.45, 7) is 5.40. The predicted molar refractivity (Wildman–Crippen MR) is 77.2 cm³/mol. The van der Waals surface area contributed by atoms with Crippen molar-refractivity contribution in [1.82, 2.24) is 14.7 Å². The number of nitrogens with one attached hydrogen (secondary N) is 1. The maximum Gasteiger partial charge on any atom is 0.193 e. The number of thiazole rings is 1. The van der Waals surface area contributed by atoms with E-state index in [4.69, 9.17) is 0 Å². The van der Waals surface area contributed by atoms with Crippen LogP contribution < -0.4 is 5.32 Å². The lowest BCUT2D eigenvalue weighted by atomic mass is 10.2. The van der Waals surface area contributed by atoms with Gasteiger partial charge in [0.15, 0.2) is 4.96 Å². The summed E-state index contributed by atoms with van der Waals surface area (Å²) in [7, 11) is 0. The zero-order chi connectivity index (χ0) is 12.1. The first-order valence-electron chi connectivity index (χ1n) is 6.05. The molecule has 5 heteroatoms. The summed E-state index contributed by atoms with van der Waals surface area (Å²) in [4.78, 5) is 5.73. The van der Waals surface area contributed by atoms with E-state index in [2.05, 4.69) is 46.3 Å². The van der Waals surface area contributed by atoms with Crippen molar-refractivity contribution in [3.8, 4) is 0 Å². The Morgan fingerprint density at radius 3 is 3.12 bits per heavy atom. The Balaban J connectivity index is 1.98. The van der Waals surface area contributed by atoms with E-state index >= 15 is 0 Å². The Morgan fingerprint density at radius 2 is 2.41 bits per heavy atom. The third-order valence-electron chi connectivity index (χ3n) is 2.61. The average Bonchev–Trinajstić information content (AvgIpc) is 2.86. The zero-order valence-corrected chi connectivity index (χ0v) is 12.0. The van der Waals surface area contributed by atoms with Crippen molar-refractivity contribution in [3.63, 3.8) is 0 Å². The molecule has 0 saturated heterocycles. The summed E-state index contributed by atoms with van der Waals surface area (Å²) in [6, 6.07) is 0.537. The van der Waals surface area contributed by atoms with Gasteiger partial charge in [0, 0.05) is 36.0 Å². The van der Waals surface area contributed by atoms with Crippen molar-refractivity contribution in [2.45, 2.75) is 26.3 Å². The molecule has 0 fully saturated rings. The molecule has 94 valence electrons. The van der Waals surface area contributed by atoms with Gasteiger partial charge < -0.3 is 5.32 Å². The van der Waals surface area contributed by atoms with Gasteiger partial charge in [0.25, 0.3) is 0 Å². The average molecular weight is 269 g/mol. The van der Waals surface area contributed by atoms with Crippen molar-refractivity contribution in [3.05, 3.63) is 23.5 Å². The summed E-state index contributed by atoms with van der Waals surface area (Å²) in [5, 5.41) is 5.61. The number of thioether (sulfide) groups is 1. The molecule has 2 aromatic heterocycles. The second-order valence-electron chi connectivity index (χ2n) is 3.94. The molecule has 2 rings (SSSR count).